The van der Waals surface area contributed by atoms with Crippen molar-refractivity contribution in [2.45, 2.75) is 13.5 Å². The second kappa shape index (κ2) is 5.81. The Labute approximate surface area is 91.8 Å². The van der Waals surface area contributed by atoms with Crippen LogP contribution < -0.4 is 5.43 Å². The number of rotatable bonds is 6. The van der Waals surface area contributed by atoms with Crippen LogP contribution >= 0.6 is 0 Å². The van der Waals surface area contributed by atoms with E-state index in [4.69, 9.17) is 5.11 Å². The summed E-state index contributed by atoms with van der Waals surface area (Å²) in [6.45, 7) is 2.54. The lowest BCUT2D eigenvalue weighted by molar-refractivity contribution is -0.396. The number of nitrogens with one attached hydrogen (secondary N) is 1. The average Bonchev–Trinajstić information content (AvgIpc) is 2.67. The van der Waals surface area contributed by atoms with E-state index in [0.717, 1.165) is 0 Å². The van der Waals surface area contributed by atoms with Gasteiger partial charge in [0.15, 0.2) is 5.69 Å². The number of aliphatic hydroxyl groups excluding tert-OH is 1. The number of hydrogen-bond acceptors (Lipinski definition) is 6. The molecule has 0 spiro atoms. The van der Waals surface area contributed by atoms with Crippen LogP contribution in [0.4, 0.5) is 5.95 Å². The molecule has 1 rings (SSSR count). The third-order valence-electron chi connectivity index (χ3n) is 1.86. The highest BCUT2D eigenvalue weighted by atomic mass is 16.6. The standard InChI is InChI=1S/C8H13N5O3/c1-2-12-7(6-11-10-3-4-14)5-9-8(12)13(15)16/h5-6,10,14H,2-4H2,1H3. The predicted molar refractivity (Wildman–Crippen MR) is 57.2 cm³/mol. The molecule has 0 aliphatic heterocycles. The van der Waals surface area contributed by atoms with E-state index in [1.54, 1.807) is 6.92 Å². The Balaban J connectivity index is 2.80. The predicted octanol–water partition coefficient (Wildman–Crippen LogP) is -0.273. The zero-order chi connectivity index (χ0) is 12.0. The van der Waals surface area contributed by atoms with Crippen LogP contribution in [0.15, 0.2) is 11.3 Å². The Bertz CT molecular complexity index is 387. The Morgan fingerprint density at radius 2 is 2.56 bits per heavy atom. The van der Waals surface area contributed by atoms with Gasteiger partial charge in [-0.05, 0) is 11.8 Å². The molecular weight excluding hydrogens is 214 g/mol. The van der Waals surface area contributed by atoms with Crippen LogP contribution in [0.25, 0.3) is 0 Å². The summed E-state index contributed by atoms with van der Waals surface area (Å²) in [5.74, 6) is -0.203. The summed E-state index contributed by atoms with van der Waals surface area (Å²) in [5, 5.41) is 22.9. The highest BCUT2D eigenvalue weighted by Gasteiger charge is 2.17. The van der Waals surface area contributed by atoms with E-state index < -0.39 is 4.92 Å². The summed E-state index contributed by atoms with van der Waals surface area (Å²) < 4.78 is 1.43. The molecule has 0 saturated heterocycles. The second-order valence-electron chi connectivity index (χ2n) is 2.87. The molecule has 16 heavy (non-hydrogen) atoms. The molecule has 1 aromatic heterocycles. The van der Waals surface area contributed by atoms with E-state index in [2.05, 4.69) is 15.5 Å². The third kappa shape index (κ3) is 2.76. The van der Waals surface area contributed by atoms with Crippen LogP contribution in [-0.4, -0.2) is 38.9 Å². The van der Waals surface area contributed by atoms with E-state index in [0.29, 0.717) is 18.8 Å². The quantitative estimate of drug-likeness (QED) is 0.301. The van der Waals surface area contributed by atoms with Gasteiger partial charge >= 0.3 is 5.95 Å². The monoisotopic (exact) mass is 227 g/mol. The lowest BCUT2D eigenvalue weighted by Gasteiger charge is -1.99. The summed E-state index contributed by atoms with van der Waals surface area (Å²) in [7, 11) is 0. The van der Waals surface area contributed by atoms with Crippen molar-refractivity contribution in [3.8, 4) is 0 Å². The van der Waals surface area contributed by atoms with Crippen molar-refractivity contribution in [2.24, 2.45) is 5.10 Å². The van der Waals surface area contributed by atoms with Crippen LogP contribution in [0, 0.1) is 10.1 Å². The molecule has 88 valence electrons. The van der Waals surface area contributed by atoms with Gasteiger partial charge in [0, 0.05) is 0 Å². The largest absolute Gasteiger partial charge is 0.435 e. The number of aromatic nitrogens is 2. The Hall–Kier alpha value is -1.96. The molecular formula is C8H13N5O3. The smallest absolute Gasteiger partial charge is 0.394 e. The molecule has 0 aliphatic rings. The van der Waals surface area contributed by atoms with Gasteiger partial charge in [0.2, 0.25) is 0 Å². The van der Waals surface area contributed by atoms with Gasteiger partial charge in [-0.25, -0.2) is 4.57 Å². The third-order valence-corrected chi connectivity index (χ3v) is 1.86. The first-order valence-corrected chi connectivity index (χ1v) is 4.77. The Kier molecular flexibility index (Phi) is 4.40. The van der Waals surface area contributed by atoms with Gasteiger partial charge in [-0.15, -0.1) is 0 Å². The van der Waals surface area contributed by atoms with E-state index in [1.807, 2.05) is 0 Å². The van der Waals surface area contributed by atoms with Gasteiger partial charge in [-0.3, -0.25) is 0 Å². The number of nitro groups is 1. The summed E-state index contributed by atoms with van der Waals surface area (Å²) >= 11 is 0. The molecule has 0 atom stereocenters. The van der Waals surface area contributed by atoms with Crippen molar-refractivity contribution in [1.29, 1.82) is 0 Å². The maximum atomic E-state index is 10.6. The maximum Gasteiger partial charge on any atom is 0.435 e. The molecule has 0 aliphatic carbocycles. The van der Waals surface area contributed by atoms with Gasteiger partial charge in [0.1, 0.15) is 6.20 Å². The highest BCUT2D eigenvalue weighted by molar-refractivity contribution is 5.77. The Morgan fingerprint density at radius 3 is 3.12 bits per heavy atom. The fraction of sp³-hybridized carbons (Fsp3) is 0.500. The molecule has 0 aromatic carbocycles. The molecule has 1 heterocycles. The molecule has 8 nitrogen and oxygen atoms in total. The second-order valence-corrected chi connectivity index (χ2v) is 2.87. The average molecular weight is 227 g/mol. The molecule has 0 unspecified atom stereocenters. The minimum Gasteiger partial charge on any atom is -0.394 e. The number of nitrogens with zero attached hydrogens (tertiary/aromatic N) is 4. The van der Waals surface area contributed by atoms with E-state index in [1.165, 1.54) is 17.0 Å². The van der Waals surface area contributed by atoms with Gasteiger partial charge in [0.25, 0.3) is 0 Å². The molecule has 0 bridgehead atoms. The summed E-state index contributed by atoms with van der Waals surface area (Å²) in [6.07, 6.45) is 2.81. The molecule has 2 N–H and O–H groups in total. The minimum absolute atomic E-state index is 0.0233. The molecule has 0 amide bonds. The van der Waals surface area contributed by atoms with Crippen LogP contribution in [0.3, 0.4) is 0 Å². The summed E-state index contributed by atoms with van der Waals surface area (Å²) in [5.41, 5.74) is 3.12. The minimum atomic E-state index is -0.540. The number of hydrogen-bond donors (Lipinski definition) is 2. The first-order chi connectivity index (χ1) is 7.70. The van der Waals surface area contributed by atoms with Gasteiger partial charge in [-0.2, -0.15) is 5.10 Å². The van der Waals surface area contributed by atoms with Crippen molar-refractivity contribution in [3.05, 3.63) is 22.0 Å². The first kappa shape index (κ1) is 12.1. The van der Waals surface area contributed by atoms with Gasteiger partial charge < -0.3 is 20.6 Å². The zero-order valence-corrected chi connectivity index (χ0v) is 8.83. The normalized spacial score (nSPS) is 10.9. The maximum absolute atomic E-state index is 10.6. The van der Waals surface area contributed by atoms with Crippen LogP contribution in [0.2, 0.25) is 0 Å². The fourth-order valence-corrected chi connectivity index (χ4v) is 1.18. The van der Waals surface area contributed by atoms with Crippen LogP contribution in [0.5, 0.6) is 0 Å². The Morgan fingerprint density at radius 1 is 1.81 bits per heavy atom. The van der Waals surface area contributed by atoms with E-state index >= 15 is 0 Å². The SMILES string of the molecule is CCn1c(C=NNCCO)cnc1[N+](=O)[O-]. The molecule has 0 radical (unpaired) electrons. The van der Waals surface area contributed by atoms with Crippen molar-refractivity contribution >= 4 is 12.2 Å². The van der Waals surface area contributed by atoms with Crippen molar-refractivity contribution in [2.75, 3.05) is 13.2 Å². The van der Waals surface area contributed by atoms with Gasteiger partial charge in [0.05, 0.1) is 25.9 Å². The summed E-state index contributed by atoms with van der Waals surface area (Å²) in [6, 6.07) is 0. The molecule has 8 heteroatoms. The fourth-order valence-electron chi connectivity index (χ4n) is 1.18. The lowest BCUT2D eigenvalue weighted by atomic mass is 10.5. The molecule has 0 fully saturated rings. The molecule has 0 saturated carbocycles. The van der Waals surface area contributed by atoms with Crippen molar-refractivity contribution in [3.63, 3.8) is 0 Å². The van der Waals surface area contributed by atoms with Crippen molar-refractivity contribution < 1.29 is 10.0 Å². The number of aliphatic hydroxyl groups is 1. The first-order valence-electron chi connectivity index (χ1n) is 4.77. The van der Waals surface area contributed by atoms with E-state index in [9.17, 15) is 10.1 Å². The zero-order valence-electron chi connectivity index (χ0n) is 8.83. The van der Waals surface area contributed by atoms with Crippen LogP contribution in [0.1, 0.15) is 12.6 Å². The van der Waals surface area contributed by atoms with Gasteiger partial charge in [-0.1, -0.05) is 4.98 Å². The van der Waals surface area contributed by atoms with E-state index in [-0.39, 0.29) is 12.6 Å². The van der Waals surface area contributed by atoms with Crippen LogP contribution in [-0.2, 0) is 6.54 Å². The highest BCUT2D eigenvalue weighted by Crippen LogP contribution is 2.10. The number of imidazole rings is 1. The molecule has 1 aromatic rings. The number of hydrazone groups is 1. The lowest BCUT2D eigenvalue weighted by Crippen LogP contribution is -2.12. The van der Waals surface area contributed by atoms with Crippen molar-refractivity contribution in [1.82, 2.24) is 15.0 Å². The topological polar surface area (TPSA) is 106 Å². The summed E-state index contributed by atoms with van der Waals surface area (Å²) in [4.78, 5) is 13.7.